The molecule has 7 heteroatoms. The first-order valence-electron chi connectivity index (χ1n) is 10.6. The maximum absolute atomic E-state index is 12.7. The monoisotopic (exact) mass is 434 g/mol. The number of nitrogens with one attached hydrogen (secondary N) is 1. The fraction of sp³-hybridized carbons (Fsp3) is 0.458. The molecule has 168 valence electrons. The normalized spacial score (nSPS) is 15.3. The number of halogens is 3. The molecule has 1 aliphatic carbocycles. The summed E-state index contributed by atoms with van der Waals surface area (Å²) < 4.78 is 41.2. The summed E-state index contributed by atoms with van der Waals surface area (Å²) in [5.41, 5.74) is 2.85. The topological polar surface area (TPSA) is 41.6 Å². The van der Waals surface area contributed by atoms with E-state index in [1.54, 1.807) is 24.3 Å². The highest BCUT2D eigenvalue weighted by atomic mass is 19.4. The van der Waals surface area contributed by atoms with Crippen molar-refractivity contribution in [2.45, 2.75) is 57.5 Å². The minimum atomic E-state index is -4.35. The van der Waals surface area contributed by atoms with Gasteiger partial charge in [-0.05, 0) is 49.2 Å². The molecule has 4 nitrogen and oxygen atoms in total. The van der Waals surface area contributed by atoms with Crippen LogP contribution in [0.5, 0.6) is 0 Å². The molecule has 0 bridgehead atoms. The highest BCUT2D eigenvalue weighted by molar-refractivity contribution is 6.04. The van der Waals surface area contributed by atoms with Crippen molar-refractivity contribution in [1.82, 2.24) is 4.90 Å². The maximum atomic E-state index is 12.7. The van der Waals surface area contributed by atoms with Crippen LogP contribution in [0.4, 0.5) is 18.9 Å². The summed E-state index contributed by atoms with van der Waals surface area (Å²) in [5, 5.41) is 2.97. The van der Waals surface area contributed by atoms with Crippen LogP contribution in [0.25, 0.3) is 0 Å². The molecule has 1 N–H and O–H groups in total. The van der Waals surface area contributed by atoms with Gasteiger partial charge in [0.2, 0.25) is 0 Å². The van der Waals surface area contributed by atoms with E-state index in [0.29, 0.717) is 17.2 Å². The summed E-state index contributed by atoms with van der Waals surface area (Å²) in [6.07, 6.45) is 1.92. The number of ether oxygens (including phenoxy) is 1. The maximum Gasteiger partial charge on any atom is 0.411 e. The zero-order valence-corrected chi connectivity index (χ0v) is 17.8. The molecule has 2 aromatic rings. The van der Waals surface area contributed by atoms with Gasteiger partial charge in [0, 0.05) is 23.8 Å². The van der Waals surface area contributed by atoms with Gasteiger partial charge in [-0.3, -0.25) is 9.69 Å². The van der Waals surface area contributed by atoms with E-state index in [1.165, 1.54) is 32.1 Å². The summed E-state index contributed by atoms with van der Waals surface area (Å²) in [5.74, 6) is -0.254. The van der Waals surface area contributed by atoms with Gasteiger partial charge in [-0.15, -0.1) is 0 Å². The first-order chi connectivity index (χ1) is 14.8. The minimum Gasteiger partial charge on any atom is -0.367 e. The highest BCUT2D eigenvalue weighted by Gasteiger charge is 2.27. The second kappa shape index (κ2) is 10.8. The van der Waals surface area contributed by atoms with E-state index in [-0.39, 0.29) is 12.5 Å². The third-order valence-electron chi connectivity index (χ3n) is 5.63. The first kappa shape index (κ1) is 23.3. The summed E-state index contributed by atoms with van der Waals surface area (Å²) in [7, 11) is 2.13. The fourth-order valence-corrected chi connectivity index (χ4v) is 3.93. The summed E-state index contributed by atoms with van der Waals surface area (Å²) >= 11 is 0. The number of hydrogen-bond acceptors (Lipinski definition) is 3. The van der Waals surface area contributed by atoms with E-state index in [9.17, 15) is 18.0 Å². The van der Waals surface area contributed by atoms with Crippen molar-refractivity contribution >= 4 is 11.6 Å². The second-order valence-electron chi connectivity index (χ2n) is 8.12. The Balaban J connectivity index is 1.59. The number of carbonyl (C=O) groups excluding carboxylic acids is 1. The Morgan fingerprint density at radius 2 is 1.74 bits per heavy atom. The van der Waals surface area contributed by atoms with Gasteiger partial charge in [-0.25, -0.2) is 0 Å². The van der Waals surface area contributed by atoms with E-state index in [0.717, 1.165) is 17.8 Å². The van der Waals surface area contributed by atoms with Gasteiger partial charge in [0.25, 0.3) is 5.91 Å². The van der Waals surface area contributed by atoms with Crippen molar-refractivity contribution in [2.24, 2.45) is 0 Å². The molecule has 0 unspecified atom stereocenters. The average molecular weight is 435 g/mol. The number of hydrogen-bond donors (Lipinski definition) is 1. The van der Waals surface area contributed by atoms with E-state index in [4.69, 9.17) is 0 Å². The van der Waals surface area contributed by atoms with Crippen LogP contribution in [-0.2, 0) is 17.9 Å². The van der Waals surface area contributed by atoms with Gasteiger partial charge in [-0.2, -0.15) is 13.2 Å². The summed E-state index contributed by atoms with van der Waals surface area (Å²) in [6, 6.07) is 14.7. The number of anilines is 1. The molecule has 0 spiro atoms. The first-order valence-corrected chi connectivity index (χ1v) is 10.6. The Bertz CT molecular complexity index is 847. The van der Waals surface area contributed by atoms with E-state index in [1.807, 2.05) is 24.3 Å². The van der Waals surface area contributed by atoms with Gasteiger partial charge >= 0.3 is 6.18 Å². The van der Waals surface area contributed by atoms with Gasteiger partial charge < -0.3 is 10.1 Å². The van der Waals surface area contributed by atoms with Crippen molar-refractivity contribution in [3.05, 3.63) is 65.2 Å². The Morgan fingerprint density at radius 1 is 1.06 bits per heavy atom. The van der Waals surface area contributed by atoms with Crippen LogP contribution in [0.2, 0.25) is 0 Å². The Labute approximate surface area is 181 Å². The summed E-state index contributed by atoms with van der Waals surface area (Å²) in [6.45, 7) is -0.685. The molecule has 0 aliphatic heterocycles. The van der Waals surface area contributed by atoms with E-state index < -0.39 is 12.8 Å². The van der Waals surface area contributed by atoms with Gasteiger partial charge in [0.15, 0.2) is 0 Å². The molecule has 0 aromatic heterocycles. The molecule has 1 fully saturated rings. The predicted molar refractivity (Wildman–Crippen MR) is 115 cm³/mol. The average Bonchev–Trinajstić information content (AvgIpc) is 2.75. The molecule has 0 heterocycles. The van der Waals surface area contributed by atoms with Crippen LogP contribution in [0.15, 0.2) is 48.5 Å². The van der Waals surface area contributed by atoms with Crippen LogP contribution < -0.4 is 5.32 Å². The second-order valence-corrected chi connectivity index (χ2v) is 8.12. The lowest BCUT2D eigenvalue weighted by Crippen LogP contribution is -2.33. The largest absolute Gasteiger partial charge is 0.411 e. The minimum absolute atomic E-state index is 0.155. The quantitative estimate of drug-likeness (QED) is 0.572. The highest BCUT2D eigenvalue weighted by Crippen LogP contribution is 2.25. The molecular formula is C24H29F3N2O2. The van der Waals surface area contributed by atoms with Gasteiger partial charge in [0.1, 0.15) is 6.61 Å². The molecule has 1 aliphatic rings. The Morgan fingerprint density at radius 3 is 2.42 bits per heavy atom. The molecule has 0 radical (unpaired) electrons. The van der Waals surface area contributed by atoms with Crippen LogP contribution in [0, 0.1) is 0 Å². The summed E-state index contributed by atoms with van der Waals surface area (Å²) in [4.78, 5) is 15.1. The van der Waals surface area contributed by atoms with Crippen molar-refractivity contribution in [2.75, 3.05) is 19.0 Å². The Hall–Kier alpha value is -2.38. The number of para-hydroxylation sites is 1. The number of amides is 1. The van der Waals surface area contributed by atoms with Crippen molar-refractivity contribution in [3.8, 4) is 0 Å². The fourth-order valence-electron chi connectivity index (χ4n) is 3.93. The predicted octanol–water partition coefficient (Wildman–Crippen LogP) is 5.78. The number of alkyl halides is 3. The molecule has 1 amide bonds. The number of rotatable bonds is 8. The number of carbonyl (C=O) groups is 1. The molecule has 31 heavy (non-hydrogen) atoms. The smallest absolute Gasteiger partial charge is 0.367 e. The Kier molecular flexibility index (Phi) is 8.09. The molecule has 1 saturated carbocycles. The van der Waals surface area contributed by atoms with E-state index in [2.05, 4.69) is 22.0 Å². The molecular weight excluding hydrogens is 405 g/mol. The third kappa shape index (κ3) is 7.36. The van der Waals surface area contributed by atoms with Crippen molar-refractivity contribution in [1.29, 1.82) is 0 Å². The zero-order chi connectivity index (χ0) is 22.3. The molecule has 3 rings (SSSR count). The number of benzene rings is 2. The molecule has 0 atom stereocenters. The van der Waals surface area contributed by atoms with Crippen LogP contribution >= 0.6 is 0 Å². The lowest BCUT2D eigenvalue weighted by atomic mass is 9.94. The van der Waals surface area contributed by atoms with Crippen LogP contribution in [-0.4, -0.2) is 36.7 Å². The SMILES string of the molecule is CN(Cc1ccccc1NC(=O)c1ccc(COCC(F)(F)F)cc1)C1CCCCC1. The van der Waals surface area contributed by atoms with E-state index >= 15 is 0 Å². The van der Waals surface area contributed by atoms with Crippen molar-refractivity contribution < 1.29 is 22.7 Å². The lowest BCUT2D eigenvalue weighted by molar-refractivity contribution is -0.176. The van der Waals surface area contributed by atoms with Gasteiger partial charge in [0.05, 0.1) is 6.61 Å². The van der Waals surface area contributed by atoms with Crippen LogP contribution in [0.1, 0.15) is 53.6 Å². The van der Waals surface area contributed by atoms with Crippen LogP contribution in [0.3, 0.4) is 0 Å². The molecule has 2 aromatic carbocycles. The molecule has 0 saturated heterocycles. The zero-order valence-electron chi connectivity index (χ0n) is 17.8. The standard InChI is InChI=1S/C24H29F3N2O2/c1-29(21-8-3-2-4-9-21)15-20-7-5-6-10-22(20)28-23(30)19-13-11-18(12-14-19)16-31-17-24(25,26)27/h5-7,10-14,21H,2-4,8-9,15-17H2,1H3,(H,28,30). The van der Waals surface area contributed by atoms with Gasteiger partial charge in [-0.1, -0.05) is 49.6 Å². The lowest BCUT2D eigenvalue weighted by Gasteiger charge is -2.31. The third-order valence-corrected chi connectivity index (χ3v) is 5.63. The number of nitrogens with zero attached hydrogens (tertiary/aromatic N) is 1. The van der Waals surface area contributed by atoms with Crippen molar-refractivity contribution in [3.63, 3.8) is 0 Å².